The Morgan fingerprint density at radius 2 is 1.90 bits per heavy atom. The van der Waals surface area contributed by atoms with Gasteiger partial charge in [-0.1, -0.05) is 30.3 Å². The molecule has 0 radical (unpaired) electrons. The Morgan fingerprint density at radius 3 is 2.67 bits per heavy atom. The molecule has 2 aromatic carbocycles. The maximum Gasteiger partial charge on any atom is 0.339 e. The number of rotatable bonds is 4. The number of carbonyl (C=O) groups is 2. The molecule has 0 spiro atoms. The second kappa shape index (κ2) is 8.45. The first kappa shape index (κ1) is 19.8. The Kier molecular flexibility index (Phi) is 5.57. The largest absolute Gasteiger partial charge is 0.452 e. The number of nitrogens with zero attached hydrogens (tertiary/aromatic N) is 1. The van der Waals surface area contributed by atoms with Gasteiger partial charge in [0.2, 0.25) is 0 Å². The van der Waals surface area contributed by atoms with Crippen molar-refractivity contribution >= 4 is 34.4 Å². The Labute approximate surface area is 173 Å². The van der Waals surface area contributed by atoms with Crippen LogP contribution in [0.4, 0.5) is 4.39 Å². The Hall–Kier alpha value is -3.54. The lowest BCUT2D eigenvalue weighted by Crippen LogP contribution is -2.26. The minimum Gasteiger partial charge on any atom is -0.452 e. The molecule has 0 unspecified atom stereocenters. The summed E-state index contributed by atoms with van der Waals surface area (Å²) in [5.74, 6) is -1.18. The Bertz CT molecular complexity index is 1150. The van der Waals surface area contributed by atoms with Gasteiger partial charge in [0.25, 0.3) is 5.91 Å². The van der Waals surface area contributed by atoms with Crippen molar-refractivity contribution in [2.75, 3.05) is 13.7 Å². The fraction of sp³-hybridized carbons (Fsp3) is 0.208. The number of halogens is 1. The zero-order chi connectivity index (χ0) is 21.1. The van der Waals surface area contributed by atoms with E-state index in [1.54, 1.807) is 12.1 Å². The molecule has 5 nitrogen and oxygen atoms in total. The minimum atomic E-state index is -0.531. The molecule has 30 heavy (non-hydrogen) atoms. The first-order valence-corrected chi connectivity index (χ1v) is 9.82. The number of benzene rings is 2. The average molecular weight is 404 g/mol. The normalized spacial score (nSPS) is 14.4. The van der Waals surface area contributed by atoms with Crippen molar-refractivity contribution in [3.63, 3.8) is 0 Å². The van der Waals surface area contributed by atoms with Crippen LogP contribution in [0.5, 0.6) is 0 Å². The summed E-state index contributed by atoms with van der Waals surface area (Å²) in [5, 5.41) is 3.15. The fourth-order valence-corrected chi connectivity index (χ4v) is 3.74. The number of hydrogen-bond acceptors (Lipinski definition) is 4. The zero-order valence-corrected chi connectivity index (χ0v) is 16.6. The maximum atomic E-state index is 13.3. The predicted octanol–water partition coefficient (Wildman–Crippen LogP) is 4.15. The molecule has 0 aliphatic heterocycles. The van der Waals surface area contributed by atoms with Gasteiger partial charge in [-0.15, -0.1) is 0 Å². The lowest BCUT2D eigenvalue weighted by molar-refractivity contribution is -0.123. The molecule has 1 N–H and O–H groups in total. The number of ether oxygens (including phenoxy) is 1. The molecule has 0 saturated heterocycles. The summed E-state index contributed by atoms with van der Waals surface area (Å²) >= 11 is 0. The number of amides is 1. The fourth-order valence-electron chi connectivity index (χ4n) is 3.74. The monoisotopic (exact) mass is 404 g/mol. The SMILES string of the molecule is CNC(=O)COC(=O)c1c2c(nc3ccccc13)/C(=C/c1ccc(F)cc1)CCC2. The van der Waals surface area contributed by atoms with E-state index >= 15 is 0 Å². The highest BCUT2D eigenvalue weighted by atomic mass is 19.1. The number of carbonyl (C=O) groups excluding carboxylic acids is 2. The summed E-state index contributed by atoms with van der Waals surface area (Å²) in [6.07, 6.45) is 4.34. The van der Waals surface area contributed by atoms with Crippen molar-refractivity contribution in [3.05, 3.63) is 76.7 Å². The molecule has 1 aromatic heterocycles. The number of para-hydroxylation sites is 1. The summed E-state index contributed by atoms with van der Waals surface area (Å²) in [6, 6.07) is 13.7. The third-order valence-corrected chi connectivity index (χ3v) is 5.20. The number of hydrogen-bond donors (Lipinski definition) is 1. The van der Waals surface area contributed by atoms with E-state index in [1.807, 2.05) is 30.3 Å². The van der Waals surface area contributed by atoms with Crippen LogP contribution in [0, 0.1) is 5.82 Å². The van der Waals surface area contributed by atoms with Crippen LogP contribution in [0.3, 0.4) is 0 Å². The number of nitrogens with one attached hydrogen (secondary N) is 1. The predicted molar refractivity (Wildman–Crippen MR) is 113 cm³/mol. The highest BCUT2D eigenvalue weighted by Gasteiger charge is 2.26. The topological polar surface area (TPSA) is 68.3 Å². The van der Waals surface area contributed by atoms with Crippen LogP contribution in [0.1, 0.15) is 40.0 Å². The van der Waals surface area contributed by atoms with Gasteiger partial charge in [0.05, 0.1) is 16.8 Å². The molecule has 1 heterocycles. The first-order chi connectivity index (χ1) is 14.6. The van der Waals surface area contributed by atoms with Crippen molar-refractivity contribution in [1.82, 2.24) is 10.3 Å². The lowest BCUT2D eigenvalue weighted by atomic mass is 9.86. The van der Waals surface area contributed by atoms with Crippen LogP contribution in [-0.4, -0.2) is 30.5 Å². The minimum absolute atomic E-state index is 0.286. The van der Waals surface area contributed by atoms with Crippen LogP contribution >= 0.6 is 0 Å². The number of aromatic nitrogens is 1. The van der Waals surface area contributed by atoms with Crippen molar-refractivity contribution < 1.29 is 18.7 Å². The van der Waals surface area contributed by atoms with Crippen LogP contribution in [0.25, 0.3) is 22.6 Å². The van der Waals surface area contributed by atoms with Crippen LogP contribution in [0.15, 0.2) is 48.5 Å². The number of fused-ring (bicyclic) bond motifs is 2. The molecule has 3 aromatic rings. The van der Waals surface area contributed by atoms with Gasteiger partial charge in [0, 0.05) is 12.4 Å². The number of likely N-dealkylation sites (N-methyl/N-ethyl adjacent to an activating group) is 1. The molecule has 6 heteroatoms. The van der Waals surface area contributed by atoms with E-state index in [1.165, 1.54) is 19.2 Å². The van der Waals surface area contributed by atoms with Crippen molar-refractivity contribution in [3.8, 4) is 0 Å². The summed E-state index contributed by atoms with van der Waals surface area (Å²) in [4.78, 5) is 29.3. The second-order valence-corrected chi connectivity index (χ2v) is 7.16. The molecule has 1 amide bonds. The molecule has 0 bridgehead atoms. The number of pyridine rings is 1. The molecular formula is C24H21FN2O3. The van der Waals surface area contributed by atoms with E-state index in [0.29, 0.717) is 22.9 Å². The molecule has 152 valence electrons. The van der Waals surface area contributed by atoms with Crippen molar-refractivity contribution in [2.24, 2.45) is 0 Å². The van der Waals surface area contributed by atoms with Crippen LogP contribution in [0.2, 0.25) is 0 Å². The van der Waals surface area contributed by atoms with Gasteiger partial charge in [-0.25, -0.2) is 14.2 Å². The van der Waals surface area contributed by atoms with E-state index in [0.717, 1.165) is 35.2 Å². The Balaban J connectivity index is 1.83. The molecule has 1 aliphatic carbocycles. The highest BCUT2D eigenvalue weighted by molar-refractivity contribution is 6.07. The molecule has 1 aliphatic rings. The highest BCUT2D eigenvalue weighted by Crippen LogP contribution is 2.36. The maximum absolute atomic E-state index is 13.3. The first-order valence-electron chi connectivity index (χ1n) is 9.82. The molecular weight excluding hydrogens is 383 g/mol. The van der Waals surface area contributed by atoms with Crippen LogP contribution < -0.4 is 5.32 Å². The van der Waals surface area contributed by atoms with Gasteiger partial charge >= 0.3 is 5.97 Å². The zero-order valence-electron chi connectivity index (χ0n) is 16.6. The van der Waals surface area contributed by atoms with E-state index in [2.05, 4.69) is 5.32 Å². The van der Waals surface area contributed by atoms with E-state index < -0.39 is 5.97 Å². The molecule has 0 saturated carbocycles. The van der Waals surface area contributed by atoms with Crippen molar-refractivity contribution in [2.45, 2.75) is 19.3 Å². The van der Waals surface area contributed by atoms with Gasteiger partial charge in [-0.2, -0.15) is 0 Å². The molecule has 0 fully saturated rings. The lowest BCUT2D eigenvalue weighted by Gasteiger charge is -2.22. The smallest absolute Gasteiger partial charge is 0.339 e. The molecule has 0 atom stereocenters. The Morgan fingerprint density at radius 1 is 1.13 bits per heavy atom. The second-order valence-electron chi connectivity index (χ2n) is 7.16. The standard InChI is InChI=1S/C24H21FN2O3/c1-26-21(28)14-30-24(29)22-18-6-2-3-8-20(18)27-23-16(5-4-7-19(22)23)13-15-9-11-17(25)12-10-15/h2-3,6,8-13H,4-5,7,14H2,1H3,(H,26,28)/b16-13+. The quantitative estimate of drug-likeness (QED) is 0.663. The van der Waals surface area contributed by atoms with Crippen molar-refractivity contribution in [1.29, 1.82) is 0 Å². The van der Waals surface area contributed by atoms with Gasteiger partial charge in [-0.3, -0.25) is 4.79 Å². The number of allylic oxidation sites excluding steroid dienone is 1. The van der Waals surface area contributed by atoms with Gasteiger partial charge in [0.15, 0.2) is 6.61 Å². The van der Waals surface area contributed by atoms with E-state index in [9.17, 15) is 14.0 Å². The summed E-state index contributed by atoms with van der Waals surface area (Å²) < 4.78 is 18.5. The summed E-state index contributed by atoms with van der Waals surface area (Å²) in [7, 11) is 1.49. The van der Waals surface area contributed by atoms with Gasteiger partial charge in [0.1, 0.15) is 5.82 Å². The van der Waals surface area contributed by atoms with Crippen LogP contribution in [-0.2, 0) is 16.0 Å². The van der Waals surface area contributed by atoms with Gasteiger partial charge in [-0.05, 0) is 60.2 Å². The summed E-state index contributed by atoms with van der Waals surface area (Å²) in [6.45, 7) is -0.334. The third-order valence-electron chi connectivity index (χ3n) is 5.20. The number of esters is 1. The van der Waals surface area contributed by atoms with E-state index in [-0.39, 0.29) is 18.3 Å². The average Bonchev–Trinajstić information content (AvgIpc) is 2.77. The third kappa shape index (κ3) is 3.94. The van der Waals surface area contributed by atoms with Gasteiger partial charge < -0.3 is 10.1 Å². The summed E-state index contributed by atoms with van der Waals surface area (Å²) in [5.41, 5.74) is 4.61. The van der Waals surface area contributed by atoms with E-state index in [4.69, 9.17) is 9.72 Å². The molecule has 4 rings (SSSR count).